The molecule has 3 nitrogen and oxygen atoms in total. The normalized spacial score (nSPS) is 21.8. The Morgan fingerprint density at radius 3 is 2.53 bits per heavy atom. The molecular weight excluding hydrogens is 260 g/mol. The third-order valence-electron chi connectivity index (χ3n) is 4.39. The topological polar surface area (TPSA) is 41.1 Å². The van der Waals surface area contributed by atoms with E-state index in [0.717, 1.165) is 37.1 Å². The van der Waals surface area contributed by atoms with Crippen LogP contribution in [0.5, 0.6) is 0 Å². The van der Waals surface area contributed by atoms with Crippen molar-refractivity contribution < 1.29 is 4.79 Å². The number of halogens is 1. The molecule has 0 bridgehead atoms. The minimum Gasteiger partial charge on any atom is -0.382 e. The summed E-state index contributed by atoms with van der Waals surface area (Å²) in [6.07, 6.45) is 6.74. The number of hydrogen-bond acceptors (Lipinski definition) is 2. The number of fused-ring (bicyclic) bond motifs is 1. The molecule has 102 valence electrons. The number of carbonyl (C=O) groups excluding carboxylic acids is 1. The molecule has 4 heteroatoms. The van der Waals surface area contributed by atoms with Gasteiger partial charge in [0.2, 0.25) is 5.91 Å². The van der Waals surface area contributed by atoms with Crippen LogP contribution in [0.4, 0.5) is 11.4 Å². The summed E-state index contributed by atoms with van der Waals surface area (Å²) in [7, 11) is 0. The smallest absolute Gasteiger partial charge is 0.232 e. The van der Waals surface area contributed by atoms with Gasteiger partial charge in [-0.1, -0.05) is 37.3 Å². The van der Waals surface area contributed by atoms with Crippen LogP contribution in [0.3, 0.4) is 0 Å². The first-order valence-corrected chi connectivity index (χ1v) is 7.42. The van der Waals surface area contributed by atoms with Gasteiger partial charge in [-0.3, -0.25) is 4.79 Å². The van der Waals surface area contributed by atoms with Crippen molar-refractivity contribution in [2.24, 2.45) is 5.41 Å². The molecular formula is C15H19ClN2O. The lowest BCUT2D eigenvalue weighted by molar-refractivity contribution is -0.125. The highest BCUT2D eigenvalue weighted by molar-refractivity contribution is 6.31. The Labute approximate surface area is 118 Å². The molecule has 0 saturated heterocycles. The van der Waals surface area contributed by atoms with Gasteiger partial charge in [-0.05, 0) is 31.0 Å². The van der Waals surface area contributed by atoms with Crippen molar-refractivity contribution in [1.29, 1.82) is 0 Å². The SMILES string of the molecule is O=C1Nc2ccc(Cl)cc2NCC12CCCCCC2. The molecule has 2 aliphatic rings. The van der Waals surface area contributed by atoms with Gasteiger partial charge in [0.1, 0.15) is 0 Å². The Kier molecular flexibility index (Phi) is 3.40. The number of benzene rings is 1. The Balaban J connectivity index is 1.90. The first-order valence-electron chi connectivity index (χ1n) is 7.05. The number of hydrogen-bond donors (Lipinski definition) is 2. The molecule has 1 heterocycles. The predicted octanol–water partition coefficient (Wildman–Crippen LogP) is 4.04. The van der Waals surface area contributed by atoms with E-state index in [9.17, 15) is 4.79 Å². The van der Waals surface area contributed by atoms with Crippen LogP contribution >= 0.6 is 11.6 Å². The fourth-order valence-corrected chi connectivity index (χ4v) is 3.35. The number of carbonyl (C=O) groups is 1. The first-order chi connectivity index (χ1) is 9.20. The highest BCUT2D eigenvalue weighted by Crippen LogP contribution is 2.40. The zero-order valence-electron chi connectivity index (χ0n) is 11.0. The maximum Gasteiger partial charge on any atom is 0.232 e. The van der Waals surface area contributed by atoms with Gasteiger partial charge in [-0.25, -0.2) is 0 Å². The maximum absolute atomic E-state index is 12.6. The Morgan fingerprint density at radius 1 is 1.05 bits per heavy atom. The molecule has 0 radical (unpaired) electrons. The van der Waals surface area contributed by atoms with Crippen LogP contribution in [0.2, 0.25) is 5.02 Å². The average molecular weight is 279 g/mol. The van der Waals surface area contributed by atoms with Crippen molar-refractivity contribution in [3.63, 3.8) is 0 Å². The fraction of sp³-hybridized carbons (Fsp3) is 0.533. The highest BCUT2D eigenvalue weighted by atomic mass is 35.5. The van der Waals surface area contributed by atoms with E-state index in [1.807, 2.05) is 18.2 Å². The second kappa shape index (κ2) is 5.04. The number of anilines is 2. The predicted molar refractivity (Wildman–Crippen MR) is 78.7 cm³/mol. The summed E-state index contributed by atoms with van der Waals surface area (Å²) in [6, 6.07) is 5.57. The molecule has 1 spiro atoms. The van der Waals surface area contributed by atoms with Crippen molar-refractivity contribution in [2.45, 2.75) is 38.5 Å². The summed E-state index contributed by atoms with van der Waals surface area (Å²) in [6.45, 7) is 0.714. The van der Waals surface area contributed by atoms with Gasteiger partial charge in [0, 0.05) is 11.6 Å². The number of amides is 1. The van der Waals surface area contributed by atoms with E-state index in [0.29, 0.717) is 11.6 Å². The lowest BCUT2D eigenvalue weighted by atomic mass is 9.79. The van der Waals surface area contributed by atoms with Crippen molar-refractivity contribution in [3.8, 4) is 0 Å². The number of rotatable bonds is 0. The summed E-state index contributed by atoms with van der Waals surface area (Å²) in [5.74, 6) is 0.169. The molecule has 1 fully saturated rings. The fourth-order valence-electron chi connectivity index (χ4n) is 3.18. The quantitative estimate of drug-likeness (QED) is 0.752. The van der Waals surface area contributed by atoms with Gasteiger partial charge in [0.25, 0.3) is 0 Å². The minimum atomic E-state index is -0.248. The molecule has 3 rings (SSSR count). The van der Waals surface area contributed by atoms with Gasteiger partial charge in [-0.15, -0.1) is 0 Å². The van der Waals surface area contributed by atoms with E-state index in [2.05, 4.69) is 10.6 Å². The molecule has 1 aliphatic heterocycles. The van der Waals surface area contributed by atoms with Crippen LogP contribution in [-0.4, -0.2) is 12.5 Å². The largest absolute Gasteiger partial charge is 0.382 e. The molecule has 2 N–H and O–H groups in total. The molecule has 0 aromatic heterocycles. The summed E-state index contributed by atoms with van der Waals surface area (Å²) in [4.78, 5) is 12.6. The van der Waals surface area contributed by atoms with E-state index in [4.69, 9.17) is 11.6 Å². The molecule has 1 saturated carbocycles. The molecule has 0 atom stereocenters. The summed E-state index contributed by atoms with van der Waals surface area (Å²) >= 11 is 6.02. The molecule has 0 unspecified atom stereocenters. The van der Waals surface area contributed by atoms with Crippen molar-refractivity contribution in [2.75, 3.05) is 17.2 Å². The Hall–Kier alpha value is -1.22. The maximum atomic E-state index is 12.6. The van der Waals surface area contributed by atoms with E-state index in [1.54, 1.807) is 0 Å². The summed E-state index contributed by atoms with van der Waals surface area (Å²) in [5.41, 5.74) is 1.53. The van der Waals surface area contributed by atoms with E-state index in [-0.39, 0.29) is 11.3 Å². The molecule has 1 aromatic carbocycles. The van der Waals surface area contributed by atoms with E-state index >= 15 is 0 Å². The number of nitrogens with one attached hydrogen (secondary N) is 2. The Bertz CT molecular complexity index is 493. The van der Waals surface area contributed by atoms with Gasteiger partial charge in [0.05, 0.1) is 16.8 Å². The zero-order chi connectivity index (χ0) is 13.3. The van der Waals surface area contributed by atoms with Gasteiger partial charge in [-0.2, -0.15) is 0 Å². The second-order valence-electron chi connectivity index (χ2n) is 5.69. The van der Waals surface area contributed by atoms with Gasteiger partial charge >= 0.3 is 0 Å². The van der Waals surface area contributed by atoms with Crippen LogP contribution in [0, 0.1) is 5.41 Å². The highest BCUT2D eigenvalue weighted by Gasteiger charge is 2.40. The standard InChI is InChI=1S/C15H19ClN2O/c16-11-5-6-12-13(9-11)17-10-15(14(19)18-12)7-3-1-2-4-8-15/h5-6,9,17H,1-4,7-8,10H2,(H,18,19). The first kappa shape index (κ1) is 12.8. The second-order valence-corrected chi connectivity index (χ2v) is 6.13. The van der Waals surface area contributed by atoms with Crippen LogP contribution in [-0.2, 0) is 4.79 Å². The molecule has 1 aliphatic carbocycles. The third-order valence-corrected chi connectivity index (χ3v) is 4.62. The van der Waals surface area contributed by atoms with E-state index in [1.165, 1.54) is 12.8 Å². The monoisotopic (exact) mass is 278 g/mol. The Morgan fingerprint density at radius 2 is 1.79 bits per heavy atom. The van der Waals surface area contributed by atoms with E-state index < -0.39 is 0 Å². The molecule has 1 amide bonds. The minimum absolute atomic E-state index is 0.169. The van der Waals surface area contributed by atoms with Crippen LogP contribution in [0.1, 0.15) is 38.5 Å². The van der Waals surface area contributed by atoms with Crippen LogP contribution in [0.25, 0.3) is 0 Å². The van der Waals surface area contributed by atoms with Crippen molar-refractivity contribution >= 4 is 28.9 Å². The lowest BCUT2D eigenvalue weighted by Gasteiger charge is -2.29. The van der Waals surface area contributed by atoms with Crippen molar-refractivity contribution in [1.82, 2.24) is 0 Å². The molecule has 19 heavy (non-hydrogen) atoms. The van der Waals surface area contributed by atoms with Crippen molar-refractivity contribution in [3.05, 3.63) is 23.2 Å². The van der Waals surface area contributed by atoms with Crippen LogP contribution < -0.4 is 10.6 Å². The lowest BCUT2D eigenvalue weighted by Crippen LogP contribution is -2.39. The molecule has 1 aromatic rings. The van der Waals surface area contributed by atoms with Crippen LogP contribution in [0.15, 0.2) is 18.2 Å². The third kappa shape index (κ3) is 2.44. The summed E-state index contributed by atoms with van der Waals surface area (Å²) in [5, 5.41) is 7.19. The average Bonchev–Trinajstić information content (AvgIpc) is 2.71. The van der Waals surface area contributed by atoms with Gasteiger partial charge < -0.3 is 10.6 Å². The zero-order valence-corrected chi connectivity index (χ0v) is 11.7. The van der Waals surface area contributed by atoms with Gasteiger partial charge in [0.15, 0.2) is 0 Å². The summed E-state index contributed by atoms with van der Waals surface area (Å²) < 4.78 is 0.